The van der Waals surface area contributed by atoms with Crippen LogP contribution in [0.3, 0.4) is 0 Å². The summed E-state index contributed by atoms with van der Waals surface area (Å²) in [6, 6.07) is 13.4. The Morgan fingerprint density at radius 3 is 2.31 bits per heavy atom. The molecule has 0 radical (unpaired) electrons. The normalized spacial score (nSPS) is 15.5. The van der Waals surface area contributed by atoms with E-state index in [0.717, 1.165) is 18.4 Å². The molecule has 8 nitrogen and oxygen atoms in total. The third-order valence-electron chi connectivity index (χ3n) is 4.44. The van der Waals surface area contributed by atoms with Crippen LogP contribution in [-0.4, -0.2) is 35.7 Å². The first-order valence-corrected chi connectivity index (χ1v) is 9.41. The summed E-state index contributed by atoms with van der Waals surface area (Å²) in [5, 5.41) is 17.0. The fourth-order valence-corrected chi connectivity index (χ4v) is 2.99. The second kappa shape index (κ2) is 9.70. The van der Waals surface area contributed by atoms with Crippen LogP contribution in [0.5, 0.6) is 0 Å². The van der Waals surface area contributed by atoms with Crippen molar-refractivity contribution >= 4 is 35.0 Å². The van der Waals surface area contributed by atoms with Crippen molar-refractivity contribution in [3.05, 3.63) is 54.1 Å². The molecule has 0 saturated carbocycles. The molecule has 1 heterocycles. The number of amides is 3. The second-order valence-electron chi connectivity index (χ2n) is 6.74. The molecular weight excluding hydrogens is 374 g/mol. The first-order chi connectivity index (χ1) is 14.0. The van der Waals surface area contributed by atoms with E-state index in [2.05, 4.69) is 16.0 Å². The van der Waals surface area contributed by atoms with E-state index >= 15 is 0 Å². The summed E-state index contributed by atoms with van der Waals surface area (Å²) in [4.78, 5) is 34.9. The largest absolute Gasteiger partial charge is 0.481 e. The topological polar surface area (TPSA) is 117 Å². The lowest BCUT2D eigenvalue weighted by Gasteiger charge is -2.12. The SMILES string of the molecule is O=C(O)CCc1cccc(NC(=O)Nc2ccc(NC(=O)C3CCCO3)cc2)c1. The second-order valence-corrected chi connectivity index (χ2v) is 6.74. The summed E-state index contributed by atoms with van der Waals surface area (Å²) in [6.45, 7) is 0.610. The van der Waals surface area contributed by atoms with Gasteiger partial charge in [0.1, 0.15) is 6.10 Å². The van der Waals surface area contributed by atoms with Crippen molar-refractivity contribution in [2.24, 2.45) is 0 Å². The lowest BCUT2D eigenvalue weighted by molar-refractivity contribution is -0.137. The number of carbonyl (C=O) groups excluding carboxylic acids is 2. The molecule has 8 heteroatoms. The number of benzene rings is 2. The summed E-state index contributed by atoms with van der Waals surface area (Å²) in [5.74, 6) is -1.03. The Balaban J connectivity index is 1.51. The molecule has 4 N–H and O–H groups in total. The number of anilines is 3. The van der Waals surface area contributed by atoms with E-state index in [1.807, 2.05) is 6.07 Å². The van der Waals surface area contributed by atoms with Gasteiger partial charge in [0.2, 0.25) is 0 Å². The van der Waals surface area contributed by atoms with Gasteiger partial charge in [0, 0.05) is 30.1 Å². The van der Waals surface area contributed by atoms with Crippen molar-refractivity contribution < 1.29 is 24.2 Å². The molecule has 3 amide bonds. The Kier molecular flexibility index (Phi) is 6.80. The molecule has 2 aromatic rings. The summed E-state index contributed by atoms with van der Waals surface area (Å²) in [5.41, 5.74) is 2.60. The Morgan fingerprint density at radius 1 is 0.966 bits per heavy atom. The number of hydrogen-bond donors (Lipinski definition) is 4. The zero-order valence-corrected chi connectivity index (χ0v) is 15.8. The minimum absolute atomic E-state index is 0.0331. The van der Waals surface area contributed by atoms with Crippen molar-refractivity contribution in [2.45, 2.75) is 31.8 Å². The van der Waals surface area contributed by atoms with Crippen molar-refractivity contribution in [1.82, 2.24) is 0 Å². The Labute approximate surface area is 168 Å². The molecule has 1 fully saturated rings. The summed E-state index contributed by atoms with van der Waals surface area (Å²) in [7, 11) is 0. The van der Waals surface area contributed by atoms with Crippen molar-refractivity contribution in [2.75, 3.05) is 22.6 Å². The Morgan fingerprint density at radius 2 is 1.66 bits per heavy atom. The van der Waals surface area contributed by atoms with Crippen LogP contribution in [0.2, 0.25) is 0 Å². The monoisotopic (exact) mass is 397 g/mol. The zero-order valence-electron chi connectivity index (χ0n) is 15.8. The number of urea groups is 1. The molecule has 152 valence electrons. The van der Waals surface area contributed by atoms with E-state index in [1.54, 1.807) is 42.5 Å². The van der Waals surface area contributed by atoms with Gasteiger partial charge in [0.25, 0.3) is 5.91 Å². The lowest BCUT2D eigenvalue weighted by atomic mass is 10.1. The number of rotatable bonds is 7. The number of aryl methyl sites for hydroxylation is 1. The molecule has 0 bridgehead atoms. The highest BCUT2D eigenvalue weighted by Gasteiger charge is 2.23. The van der Waals surface area contributed by atoms with Gasteiger partial charge in [-0.05, 0) is 61.2 Å². The van der Waals surface area contributed by atoms with Crippen LogP contribution in [0.15, 0.2) is 48.5 Å². The van der Waals surface area contributed by atoms with Crippen LogP contribution in [-0.2, 0) is 20.7 Å². The maximum atomic E-state index is 12.2. The van der Waals surface area contributed by atoms with E-state index in [1.165, 1.54) is 0 Å². The third-order valence-corrected chi connectivity index (χ3v) is 4.44. The summed E-state index contributed by atoms with van der Waals surface area (Å²) < 4.78 is 5.35. The number of hydrogen-bond acceptors (Lipinski definition) is 4. The van der Waals surface area contributed by atoms with E-state index in [9.17, 15) is 14.4 Å². The fraction of sp³-hybridized carbons (Fsp3) is 0.286. The van der Waals surface area contributed by atoms with Gasteiger partial charge in [-0.3, -0.25) is 9.59 Å². The molecule has 1 aliphatic rings. The fourth-order valence-electron chi connectivity index (χ4n) is 2.99. The molecule has 2 aromatic carbocycles. The Bertz CT molecular complexity index is 876. The van der Waals surface area contributed by atoms with Gasteiger partial charge >= 0.3 is 12.0 Å². The Hall–Kier alpha value is -3.39. The quantitative estimate of drug-likeness (QED) is 0.571. The molecule has 0 spiro atoms. The molecule has 1 saturated heterocycles. The minimum Gasteiger partial charge on any atom is -0.481 e. The van der Waals surface area contributed by atoms with Crippen LogP contribution in [0.1, 0.15) is 24.8 Å². The minimum atomic E-state index is -0.864. The molecule has 0 aliphatic carbocycles. The van der Waals surface area contributed by atoms with Gasteiger partial charge < -0.3 is 25.8 Å². The number of ether oxygens (including phenoxy) is 1. The molecule has 1 unspecified atom stereocenters. The van der Waals surface area contributed by atoms with Gasteiger partial charge in [-0.1, -0.05) is 12.1 Å². The van der Waals surface area contributed by atoms with Crippen LogP contribution >= 0.6 is 0 Å². The zero-order chi connectivity index (χ0) is 20.6. The highest BCUT2D eigenvalue weighted by atomic mass is 16.5. The summed E-state index contributed by atoms with van der Waals surface area (Å²) >= 11 is 0. The highest BCUT2D eigenvalue weighted by Crippen LogP contribution is 2.18. The molecule has 0 aromatic heterocycles. The smallest absolute Gasteiger partial charge is 0.323 e. The van der Waals surface area contributed by atoms with Gasteiger partial charge in [-0.15, -0.1) is 0 Å². The third kappa shape index (κ3) is 6.32. The number of carbonyl (C=O) groups is 3. The van der Waals surface area contributed by atoms with E-state index < -0.39 is 18.1 Å². The van der Waals surface area contributed by atoms with Crippen LogP contribution in [0.25, 0.3) is 0 Å². The summed E-state index contributed by atoms with van der Waals surface area (Å²) in [6.07, 6.45) is 1.64. The van der Waals surface area contributed by atoms with Crippen LogP contribution < -0.4 is 16.0 Å². The number of aliphatic carboxylic acids is 1. The lowest BCUT2D eigenvalue weighted by Crippen LogP contribution is -2.26. The van der Waals surface area contributed by atoms with Crippen LogP contribution in [0, 0.1) is 0 Å². The average Bonchev–Trinajstić information content (AvgIpc) is 3.23. The maximum Gasteiger partial charge on any atom is 0.323 e. The van der Waals surface area contributed by atoms with Gasteiger partial charge in [0.05, 0.1) is 0 Å². The predicted octanol–water partition coefficient (Wildman–Crippen LogP) is 3.47. The standard InChI is InChI=1S/C21H23N3O5/c25-19(26)11-6-14-3-1-4-17(13-14)24-21(28)23-16-9-7-15(8-10-16)22-20(27)18-5-2-12-29-18/h1,3-4,7-10,13,18H,2,5-6,11-12H2,(H,22,27)(H,25,26)(H2,23,24,28). The number of carboxylic acid groups (broad SMARTS) is 1. The van der Waals surface area contributed by atoms with Gasteiger partial charge in [-0.2, -0.15) is 0 Å². The molecule has 1 atom stereocenters. The molecule has 29 heavy (non-hydrogen) atoms. The molecule has 3 rings (SSSR count). The van der Waals surface area contributed by atoms with Crippen molar-refractivity contribution in [1.29, 1.82) is 0 Å². The predicted molar refractivity (Wildman–Crippen MR) is 109 cm³/mol. The first-order valence-electron chi connectivity index (χ1n) is 9.41. The van der Waals surface area contributed by atoms with E-state index in [4.69, 9.17) is 9.84 Å². The van der Waals surface area contributed by atoms with Gasteiger partial charge in [0.15, 0.2) is 0 Å². The van der Waals surface area contributed by atoms with Crippen molar-refractivity contribution in [3.63, 3.8) is 0 Å². The average molecular weight is 397 g/mol. The highest BCUT2D eigenvalue weighted by molar-refractivity contribution is 6.00. The number of carboxylic acids is 1. The first kappa shape index (κ1) is 20.3. The van der Waals surface area contributed by atoms with E-state index in [0.29, 0.717) is 30.1 Å². The number of nitrogens with one attached hydrogen (secondary N) is 3. The maximum absolute atomic E-state index is 12.2. The van der Waals surface area contributed by atoms with E-state index in [-0.39, 0.29) is 12.3 Å². The van der Waals surface area contributed by atoms with Crippen molar-refractivity contribution in [3.8, 4) is 0 Å². The van der Waals surface area contributed by atoms with Crippen LogP contribution in [0.4, 0.5) is 21.9 Å². The van der Waals surface area contributed by atoms with Gasteiger partial charge in [-0.25, -0.2) is 4.79 Å². The molecule has 1 aliphatic heterocycles. The molecular formula is C21H23N3O5.